The average Bonchev–Trinajstić information content (AvgIpc) is 2.16. The lowest BCUT2D eigenvalue weighted by Crippen LogP contribution is -2.05. The molecule has 0 aliphatic heterocycles. The number of benzene rings is 1. The second-order valence-electron chi connectivity index (χ2n) is 3.42. The van der Waals surface area contributed by atoms with Gasteiger partial charge in [0.15, 0.2) is 5.78 Å². The molecule has 0 bridgehead atoms. The molecule has 1 rings (SSSR count). The summed E-state index contributed by atoms with van der Waals surface area (Å²) in [6, 6.07) is 6.11. The molecule has 0 aliphatic rings. The lowest BCUT2D eigenvalue weighted by Gasteiger charge is -2.02. The highest BCUT2D eigenvalue weighted by Crippen LogP contribution is 2.13. The fourth-order valence-corrected chi connectivity index (χ4v) is 1.20. The second-order valence-corrected chi connectivity index (χ2v) is 3.42. The smallest absolute Gasteiger partial charge is 0.308 e. The maximum Gasteiger partial charge on any atom is 0.308 e. The van der Waals surface area contributed by atoms with Crippen molar-refractivity contribution in [1.29, 1.82) is 0 Å². The van der Waals surface area contributed by atoms with Crippen molar-refractivity contribution in [2.45, 2.75) is 20.3 Å². The van der Waals surface area contributed by atoms with Gasteiger partial charge in [0.05, 0.1) is 6.42 Å². The molecule has 1 aromatic rings. The first-order chi connectivity index (χ1) is 7.49. The highest BCUT2D eigenvalue weighted by Gasteiger charge is 2.08. The first-order valence-corrected chi connectivity index (χ1v) is 4.80. The van der Waals surface area contributed by atoms with Gasteiger partial charge in [0.1, 0.15) is 11.5 Å². The Labute approximate surface area is 93.2 Å². The third kappa shape index (κ3) is 3.65. The molecule has 0 aliphatic carbocycles. The molecule has 0 radical (unpaired) electrons. The highest BCUT2D eigenvalue weighted by molar-refractivity contribution is 6.07. The van der Waals surface area contributed by atoms with Crippen LogP contribution in [0.3, 0.4) is 0 Å². The normalized spacial score (nSPS) is 9.62. The van der Waals surface area contributed by atoms with Gasteiger partial charge in [-0.1, -0.05) is 0 Å². The van der Waals surface area contributed by atoms with E-state index in [0.29, 0.717) is 11.3 Å². The molecule has 0 saturated carbocycles. The van der Waals surface area contributed by atoms with Crippen molar-refractivity contribution in [3.05, 3.63) is 29.8 Å². The SMILES string of the molecule is CC(=O)CC(=O)c1ccc(OC(C)=O)cc1. The van der Waals surface area contributed by atoms with Gasteiger partial charge in [-0.25, -0.2) is 0 Å². The largest absolute Gasteiger partial charge is 0.427 e. The Morgan fingerprint density at radius 2 is 1.62 bits per heavy atom. The fraction of sp³-hybridized carbons (Fsp3) is 0.250. The predicted molar refractivity (Wildman–Crippen MR) is 57.4 cm³/mol. The van der Waals surface area contributed by atoms with E-state index in [4.69, 9.17) is 4.74 Å². The van der Waals surface area contributed by atoms with Crippen LogP contribution in [0.5, 0.6) is 5.75 Å². The number of rotatable bonds is 4. The molecular formula is C12H12O4. The monoisotopic (exact) mass is 220 g/mol. The van der Waals surface area contributed by atoms with Crippen LogP contribution >= 0.6 is 0 Å². The van der Waals surface area contributed by atoms with Crippen LogP contribution in [-0.4, -0.2) is 17.5 Å². The zero-order valence-corrected chi connectivity index (χ0v) is 9.15. The van der Waals surface area contributed by atoms with Crippen molar-refractivity contribution < 1.29 is 19.1 Å². The number of carbonyl (C=O) groups excluding carboxylic acids is 3. The van der Waals surface area contributed by atoms with E-state index in [-0.39, 0.29) is 18.0 Å². The maximum atomic E-state index is 11.5. The molecular weight excluding hydrogens is 208 g/mol. The van der Waals surface area contributed by atoms with Gasteiger partial charge in [-0.15, -0.1) is 0 Å². The Morgan fingerprint density at radius 3 is 2.06 bits per heavy atom. The first kappa shape index (κ1) is 12.1. The molecule has 0 N–H and O–H groups in total. The number of hydrogen-bond donors (Lipinski definition) is 0. The summed E-state index contributed by atoms with van der Waals surface area (Å²) >= 11 is 0. The molecule has 0 amide bonds. The van der Waals surface area contributed by atoms with E-state index in [2.05, 4.69) is 0 Å². The van der Waals surface area contributed by atoms with E-state index < -0.39 is 5.97 Å². The molecule has 4 nitrogen and oxygen atoms in total. The predicted octanol–water partition coefficient (Wildman–Crippen LogP) is 1.77. The lowest BCUT2D eigenvalue weighted by molar-refractivity contribution is -0.131. The van der Waals surface area contributed by atoms with E-state index in [1.165, 1.54) is 38.1 Å². The summed E-state index contributed by atoms with van der Waals surface area (Å²) in [5.41, 5.74) is 0.436. The Morgan fingerprint density at radius 1 is 1.06 bits per heavy atom. The number of carbonyl (C=O) groups is 3. The van der Waals surface area contributed by atoms with E-state index >= 15 is 0 Å². The molecule has 4 heteroatoms. The second kappa shape index (κ2) is 5.21. The average molecular weight is 220 g/mol. The van der Waals surface area contributed by atoms with E-state index in [0.717, 1.165) is 0 Å². The zero-order valence-electron chi connectivity index (χ0n) is 9.15. The number of hydrogen-bond acceptors (Lipinski definition) is 4. The number of esters is 1. The van der Waals surface area contributed by atoms with Gasteiger partial charge in [0, 0.05) is 12.5 Å². The van der Waals surface area contributed by atoms with Crippen LogP contribution in [0, 0.1) is 0 Å². The molecule has 1 aromatic carbocycles. The Balaban J connectivity index is 2.74. The summed E-state index contributed by atoms with van der Waals surface area (Å²) in [6.45, 7) is 2.67. The van der Waals surface area contributed by atoms with Gasteiger partial charge in [-0.3, -0.25) is 14.4 Å². The minimum absolute atomic E-state index is 0.104. The lowest BCUT2D eigenvalue weighted by atomic mass is 10.1. The molecule has 16 heavy (non-hydrogen) atoms. The molecule has 84 valence electrons. The van der Waals surface area contributed by atoms with Crippen LogP contribution in [-0.2, 0) is 9.59 Å². The van der Waals surface area contributed by atoms with Crippen LogP contribution in [0.1, 0.15) is 30.6 Å². The molecule has 0 atom stereocenters. The van der Waals surface area contributed by atoms with Crippen LogP contribution < -0.4 is 4.74 Å². The van der Waals surface area contributed by atoms with Gasteiger partial charge >= 0.3 is 5.97 Å². The summed E-state index contributed by atoms with van der Waals surface area (Å²) in [7, 11) is 0. The van der Waals surface area contributed by atoms with Gasteiger partial charge < -0.3 is 4.74 Å². The minimum atomic E-state index is -0.414. The van der Waals surface area contributed by atoms with Crippen molar-refractivity contribution in [3.8, 4) is 5.75 Å². The summed E-state index contributed by atoms with van der Waals surface area (Å²) in [4.78, 5) is 32.9. The zero-order chi connectivity index (χ0) is 12.1. The summed E-state index contributed by atoms with van der Waals surface area (Å²) < 4.78 is 4.81. The molecule has 0 heterocycles. The van der Waals surface area contributed by atoms with Crippen molar-refractivity contribution in [2.75, 3.05) is 0 Å². The number of ether oxygens (including phenoxy) is 1. The van der Waals surface area contributed by atoms with Crippen molar-refractivity contribution in [2.24, 2.45) is 0 Å². The Bertz CT molecular complexity index is 417. The topological polar surface area (TPSA) is 60.4 Å². The molecule has 0 saturated heterocycles. The maximum absolute atomic E-state index is 11.5. The van der Waals surface area contributed by atoms with Crippen LogP contribution in [0.4, 0.5) is 0 Å². The Kier molecular flexibility index (Phi) is 3.94. The van der Waals surface area contributed by atoms with Crippen molar-refractivity contribution >= 4 is 17.5 Å². The number of ketones is 2. The summed E-state index contributed by atoms with van der Waals surface area (Å²) in [5.74, 6) is -0.439. The van der Waals surface area contributed by atoms with Crippen LogP contribution in [0.15, 0.2) is 24.3 Å². The quantitative estimate of drug-likeness (QED) is 0.336. The summed E-state index contributed by atoms with van der Waals surface area (Å²) in [5, 5.41) is 0. The van der Waals surface area contributed by atoms with Crippen LogP contribution in [0.2, 0.25) is 0 Å². The summed E-state index contributed by atoms with van der Waals surface area (Å²) in [6.07, 6.45) is -0.104. The standard InChI is InChI=1S/C12H12O4/c1-8(13)7-12(15)10-3-5-11(6-4-10)16-9(2)14/h3-6H,7H2,1-2H3. The molecule has 0 aromatic heterocycles. The highest BCUT2D eigenvalue weighted by atomic mass is 16.5. The van der Waals surface area contributed by atoms with Gasteiger partial charge in [0.25, 0.3) is 0 Å². The molecule has 0 fully saturated rings. The van der Waals surface area contributed by atoms with Gasteiger partial charge in [-0.2, -0.15) is 0 Å². The van der Waals surface area contributed by atoms with Crippen molar-refractivity contribution in [1.82, 2.24) is 0 Å². The third-order valence-corrected chi connectivity index (χ3v) is 1.85. The minimum Gasteiger partial charge on any atom is -0.427 e. The van der Waals surface area contributed by atoms with Crippen LogP contribution in [0.25, 0.3) is 0 Å². The van der Waals surface area contributed by atoms with E-state index in [1.807, 2.05) is 0 Å². The van der Waals surface area contributed by atoms with E-state index in [1.54, 1.807) is 0 Å². The van der Waals surface area contributed by atoms with Gasteiger partial charge in [-0.05, 0) is 31.2 Å². The van der Waals surface area contributed by atoms with Crippen molar-refractivity contribution in [3.63, 3.8) is 0 Å². The first-order valence-electron chi connectivity index (χ1n) is 4.80. The fourth-order valence-electron chi connectivity index (χ4n) is 1.20. The van der Waals surface area contributed by atoms with Gasteiger partial charge in [0.2, 0.25) is 0 Å². The van der Waals surface area contributed by atoms with E-state index in [9.17, 15) is 14.4 Å². The molecule has 0 spiro atoms. The third-order valence-electron chi connectivity index (χ3n) is 1.85. The molecule has 0 unspecified atom stereocenters. The number of Topliss-reactive ketones (excluding diaryl/α,β-unsaturated/α-hetero) is 2. The Hall–Kier alpha value is -1.97.